The Balaban J connectivity index is 1.50. The van der Waals surface area contributed by atoms with Gasteiger partial charge in [-0.05, 0) is 59.9 Å². The Labute approximate surface area is 152 Å². The highest BCUT2D eigenvalue weighted by Gasteiger charge is 2.24. The second kappa shape index (κ2) is 6.75. The maximum Gasteiger partial charge on any atom is 0.247 e. The van der Waals surface area contributed by atoms with E-state index in [9.17, 15) is 4.79 Å². The Morgan fingerprint density at radius 2 is 1.81 bits per heavy atom. The number of rotatable bonds is 3. The van der Waals surface area contributed by atoms with Crippen molar-refractivity contribution in [3.63, 3.8) is 0 Å². The van der Waals surface area contributed by atoms with Gasteiger partial charge in [-0.25, -0.2) is 0 Å². The number of ether oxygens (including phenoxy) is 3. The molecule has 2 aromatic rings. The van der Waals surface area contributed by atoms with E-state index in [2.05, 4.69) is 0 Å². The summed E-state index contributed by atoms with van der Waals surface area (Å²) in [7, 11) is 1.64. The van der Waals surface area contributed by atoms with E-state index in [1.165, 1.54) is 5.56 Å². The molecule has 2 heterocycles. The van der Waals surface area contributed by atoms with Crippen molar-refractivity contribution in [1.82, 2.24) is 4.90 Å². The molecular weight excluding hydrogens is 330 g/mol. The highest BCUT2D eigenvalue weighted by molar-refractivity contribution is 5.95. The maximum absolute atomic E-state index is 12.7. The average Bonchev–Trinajstić information content (AvgIpc) is 3.12. The van der Waals surface area contributed by atoms with E-state index >= 15 is 0 Å². The lowest BCUT2D eigenvalue weighted by Gasteiger charge is -2.28. The molecule has 0 unspecified atom stereocenters. The highest BCUT2D eigenvalue weighted by Crippen LogP contribution is 2.36. The van der Waals surface area contributed by atoms with E-state index in [4.69, 9.17) is 14.2 Å². The van der Waals surface area contributed by atoms with Crippen LogP contribution < -0.4 is 14.2 Å². The molecule has 2 aliphatic heterocycles. The molecule has 0 fully saturated rings. The molecule has 0 saturated heterocycles. The van der Waals surface area contributed by atoms with Crippen molar-refractivity contribution in [2.45, 2.75) is 19.9 Å². The number of amides is 1. The molecular formula is C21H21NO4. The summed E-state index contributed by atoms with van der Waals surface area (Å²) in [6.45, 7) is 3.52. The van der Waals surface area contributed by atoms with Crippen molar-refractivity contribution in [2.75, 3.05) is 20.4 Å². The quantitative estimate of drug-likeness (QED) is 0.795. The predicted octanol–water partition coefficient (Wildman–Crippen LogP) is 3.41. The lowest BCUT2D eigenvalue weighted by atomic mass is 9.98. The Bertz CT molecular complexity index is 870. The standard InChI is InChI=1S/C21H21NO4/c1-14(15-3-5-18(24-2)6-4-15)9-21(23)22-8-7-16-10-19-20(26-13-25-19)11-17(16)12-22/h3-6,9-11H,7-8,12-13H2,1-2H3/b14-9+. The third kappa shape index (κ3) is 3.12. The number of hydrogen-bond acceptors (Lipinski definition) is 4. The Kier molecular flexibility index (Phi) is 4.29. The third-order valence-electron chi connectivity index (χ3n) is 4.90. The first-order valence-corrected chi connectivity index (χ1v) is 8.67. The zero-order valence-corrected chi connectivity index (χ0v) is 15.0. The largest absolute Gasteiger partial charge is 0.497 e. The molecule has 0 saturated carbocycles. The number of fused-ring (bicyclic) bond motifs is 2. The monoisotopic (exact) mass is 351 g/mol. The lowest BCUT2D eigenvalue weighted by molar-refractivity contribution is -0.126. The van der Waals surface area contributed by atoms with Crippen LogP contribution in [-0.2, 0) is 17.8 Å². The number of benzene rings is 2. The van der Waals surface area contributed by atoms with Crippen molar-refractivity contribution < 1.29 is 19.0 Å². The number of nitrogens with zero attached hydrogens (tertiary/aromatic N) is 1. The minimum absolute atomic E-state index is 0.0293. The van der Waals surface area contributed by atoms with Crippen molar-refractivity contribution >= 4 is 11.5 Å². The second-order valence-corrected chi connectivity index (χ2v) is 6.54. The van der Waals surface area contributed by atoms with Crippen molar-refractivity contribution in [1.29, 1.82) is 0 Å². The van der Waals surface area contributed by atoms with E-state index in [1.807, 2.05) is 48.2 Å². The molecule has 134 valence electrons. The van der Waals surface area contributed by atoms with Gasteiger partial charge in [0.1, 0.15) is 5.75 Å². The summed E-state index contributed by atoms with van der Waals surface area (Å²) in [6, 6.07) is 11.8. The first kappa shape index (κ1) is 16.5. The summed E-state index contributed by atoms with van der Waals surface area (Å²) in [4.78, 5) is 14.6. The zero-order chi connectivity index (χ0) is 18.1. The fourth-order valence-electron chi connectivity index (χ4n) is 3.35. The van der Waals surface area contributed by atoms with Gasteiger partial charge in [-0.3, -0.25) is 4.79 Å². The lowest BCUT2D eigenvalue weighted by Crippen LogP contribution is -2.34. The van der Waals surface area contributed by atoms with E-state index < -0.39 is 0 Å². The van der Waals surface area contributed by atoms with E-state index in [1.54, 1.807) is 13.2 Å². The van der Waals surface area contributed by atoms with E-state index in [-0.39, 0.29) is 12.7 Å². The Morgan fingerprint density at radius 1 is 1.12 bits per heavy atom. The van der Waals surface area contributed by atoms with Gasteiger partial charge in [0, 0.05) is 19.2 Å². The topological polar surface area (TPSA) is 48.0 Å². The molecule has 1 amide bonds. The fourth-order valence-corrected chi connectivity index (χ4v) is 3.35. The predicted molar refractivity (Wildman–Crippen MR) is 98.3 cm³/mol. The van der Waals surface area contributed by atoms with Crippen LogP contribution in [0.2, 0.25) is 0 Å². The average molecular weight is 351 g/mol. The van der Waals surface area contributed by atoms with Gasteiger partial charge in [0.15, 0.2) is 11.5 Å². The van der Waals surface area contributed by atoms with Gasteiger partial charge >= 0.3 is 0 Å². The van der Waals surface area contributed by atoms with Gasteiger partial charge < -0.3 is 19.1 Å². The van der Waals surface area contributed by atoms with Gasteiger partial charge in [0.05, 0.1) is 7.11 Å². The molecule has 4 rings (SSSR count). The molecule has 0 bridgehead atoms. The maximum atomic E-state index is 12.7. The van der Waals surface area contributed by atoms with Gasteiger partial charge in [-0.15, -0.1) is 0 Å². The number of carbonyl (C=O) groups is 1. The Hall–Kier alpha value is -2.95. The molecule has 0 aliphatic carbocycles. The van der Waals surface area contributed by atoms with Crippen molar-refractivity contribution in [2.24, 2.45) is 0 Å². The van der Waals surface area contributed by atoms with Crippen LogP contribution in [0.4, 0.5) is 0 Å². The SMILES string of the molecule is COc1ccc(/C(C)=C/C(=O)N2CCc3cc4c(cc3C2)OCO4)cc1. The number of carbonyl (C=O) groups excluding carboxylic acids is 1. The minimum Gasteiger partial charge on any atom is -0.497 e. The zero-order valence-electron chi connectivity index (χ0n) is 15.0. The van der Waals surface area contributed by atoms with Crippen LogP contribution in [0.25, 0.3) is 5.57 Å². The van der Waals surface area contributed by atoms with Crippen LogP contribution in [0.5, 0.6) is 17.2 Å². The van der Waals surface area contributed by atoms with E-state index in [0.29, 0.717) is 13.1 Å². The van der Waals surface area contributed by atoms with Gasteiger partial charge in [-0.2, -0.15) is 0 Å². The summed E-state index contributed by atoms with van der Waals surface area (Å²) < 4.78 is 16.1. The van der Waals surface area contributed by atoms with E-state index in [0.717, 1.165) is 40.4 Å². The molecule has 0 aromatic heterocycles. The number of hydrogen-bond donors (Lipinski definition) is 0. The van der Waals surface area contributed by atoms with Crippen molar-refractivity contribution in [3.8, 4) is 17.2 Å². The molecule has 26 heavy (non-hydrogen) atoms. The number of allylic oxidation sites excluding steroid dienone is 1. The second-order valence-electron chi connectivity index (χ2n) is 6.54. The molecule has 0 N–H and O–H groups in total. The van der Waals surface area contributed by atoms with Gasteiger partial charge in [0.2, 0.25) is 12.7 Å². The molecule has 5 heteroatoms. The molecule has 0 atom stereocenters. The van der Waals surface area contributed by atoms with Crippen LogP contribution in [0.15, 0.2) is 42.5 Å². The summed E-state index contributed by atoms with van der Waals surface area (Å²) in [5, 5.41) is 0. The molecule has 2 aromatic carbocycles. The van der Waals surface area contributed by atoms with Crippen LogP contribution in [0, 0.1) is 0 Å². The normalized spacial score (nSPS) is 15.6. The number of methoxy groups -OCH3 is 1. The first-order chi connectivity index (χ1) is 12.6. The van der Waals surface area contributed by atoms with Crippen LogP contribution >= 0.6 is 0 Å². The first-order valence-electron chi connectivity index (χ1n) is 8.67. The summed E-state index contributed by atoms with van der Waals surface area (Å²) in [5.74, 6) is 2.41. The molecule has 0 spiro atoms. The smallest absolute Gasteiger partial charge is 0.247 e. The van der Waals surface area contributed by atoms with Crippen LogP contribution in [0.1, 0.15) is 23.6 Å². The van der Waals surface area contributed by atoms with Gasteiger partial charge in [-0.1, -0.05) is 12.1 Å². The Morgan fingerprint density at radius 3 is 2.50 bits per heavy atom. The van der Waals surface area contributed by atoms with Crippen molar-refractivity contribution in [3.05, 3.63) is 59.2 Å². The summed E-state index contributed by atoms with van der Waals surface area (Å²) >= 11 is 0. The molecule has 0 radical (unpaired) electrons. The third-order valence-corrected chi connectivity index (χ3v) is 4.90. The summed E-state index contributed by atoms with van der Waals surface area (Å²) in [6.07, 6.45) is 2.53. The molecule has 2 aliphatic rings. The highest BCUT2D eigenvalue weighted by atomic mass is 16.7. The fraction of sp³-hybridized carbons (Fsp3) is 0.286. The summed E-state index contributed by atoms with van der Waals surface area (Å²) in [5.41, 5.74) is 4.31. The van der Waals surface area contributed by atoms with Crippen LogP contribution in [-0.4, -0.2) is 31.3 Å². The van der Waals surface area contributed by atoms with Crippen LogP contribution in [0.3, 0.4) is 0 Å². The minimum atomic E-state index is 0.0293. The van der Waals surface area contributed by atoms with Gasteiger partial charge in [0.25, 0.3) is 0 Å². The molecule has 5 nitrogen and oxygen atoms in total.